The van der Waals surface area contributed by atoms with Gasteiger partial charge in [0.15, 0.2) is 14.9 Å². The molecule has 24 heavy (non-hydrogen) atoms. The Morgan fingerprint density at radius 2 is 2.08 bits per heavy atom. The third-order valence-electron chi connectivity index (χ3n) is 5.01. The first-order chi connectivity index (χ1) is 11.4. The molecule has 0 bridgehead atoms. The minimum atomic E-state index is -2.81. The number of sulfone groups is 1. The lowest BCUT2D eigenvalue weighted by molar-refractivity contribution is -0.925. The van der Waals surface area contributed by atoms with Gasteiger partial charge in [0, 0.05) is 17.1 Å². The van der Waals surface area contributed by atoms with Gasteiger partial charge in [-0.15, -0.1) is 0 Å². The number of piperazine rings is 1. The molecule has 1 aromatic carbocycles. The molecule has 0 aromatic heterocycles. The van der Waals surface area contributed by atoms with Gasteiger partial charge < -0.3 is 15.1 Å². The van der Waals surface area contributed by atoms with Crippen LogP contribution in [0.5, 0.6) is 0 Å². The molecule has 0 radical (unpaired) electrons. The average Bonchev–Trinajstić information content (AvgIpc) is 2.92. The van der Waals surface area contributed by atoms with Gasteiger partial charge in [-0.2, -0.15) is 0 Å². The molecule has 0 unspecified atom stereocenters. The van der Waals surface area contributed by atoms with Crippen molar-refractivity contribution in [1.29, 1.82) is 0 Å². The number of quaternary nitrogens is 1. The van der Waals surface area contributed by atoms with Gasteiger partial charge in [-0.05, 0) is 36.8 Å². The second-order valence-corrected chi connectivity index (χ2v) is 9.61. The van der Waals surface area contributed by atoms with Crippen LogP contribution in [0.15, 0.2) is 18.2 Å². The van der Waals surface area contributed by atoms with Crippen LogP contribution in [0.25, 0.3) is 0 Å². The zero-order valence-corrected chi connectivity index (χ0v) is 16.1. The first-order valence-electron chi connectivity index (χ1n) is 8.22. The molecule has 2 saturated heterocycles. The maximum absolute atomic E-state index is 11.7. The SMILES string of the molecule is Cc1c(Cl)cccc1NC(=S)N1CC[NH+]([C@@H]2CCS(=O)(=O)C2)CC1. The zero-order chi connectivity index (χ0) is 17.3. The number of thiocarbonyl (C=S) groups is 1. The van der Waals surface area contributed by atoms with Gasteiger partial charge in [-0.3, -0.25) is 0 Å². The summed E-state index contributed by atoms with van der Waals surface area (Å²) in [7, 11) is -2.81. The number of rotatable bonds is 2. The fourth-order valence-electron chi connectivity index (χ4n) is 3.46. The number of anilines is 1. The van der Waals surface area contributed by atoms with Crippen LogP contribution in [0.1, 0.15) is 12.0 Å². The van der Waals surface area contributed by atoms with Gasteiger partial charge >= 0.3 is 0 Å². The summed E-state index contributed by atoms with van der Waals surface area (Å²) >= 11 is 11.7. The number of benzene rings is 1. The van der Waals surface area contributed by atoms with Crippen LogP contribution in [0, 0.1) is 6.92 Å². The van der Waals surface area contributed by atoms with E-state index >= 15 is 0 Å². The first-order valence-corrected chi connectivity index (χ1v) is 10.8. The Morgan fingerprint density at radius 3 is 2.71 bits per heavy atom. The fourth-order valence-corrected chi connectivity index (χ4v) is 5.75. The zero-order valence-electron chi connectivity index (χ0n) is 13.7. The van der Waals surface area contributed by atoms with Crippen molar-refractivity contribution in [2.45, 2.75) is 19.4 Å². The minimum absolute atomic E-state index is 0.258. The molecule has 132 valence electrons. The summed E-state index contributed by atoms with van der Waals surface area (Å²) in [5, 5.41) is 4.71. The quantitative estimate of drug-likeness (QED) is 0.732. The summed E-state index contributed by atoms with van der Waals surface area (Å²) in [6.07, 6.45) is 0.794. The lowest BCUT2D eigenvalue weighted by Gasteiger charge is -2.36. The maximum Gasteiger partial charge on any atom is 0.173 e. The lowest BCUT2D eigenvalue weighted by Crippen LogP contribution is -3.18. The molecule has 1 aromatic rings. The van der Waals surface area contributed by atoms with E-state index in [0.29, 0.717) is 16.6 Å². The summed E-state index contributed by atoms with van der Waals surface area (Å²) in [5.74, 6) is 0.686. The van der Waals surface area contributed by atoms with Crippen molar-refractivity contribution in [3.05, 3.63) is 28.8 Å². The molecule has 3 rings (SSSR count). The number of nitrogens with one attached hydrogen (secondary N) is 2. The number of halogens is 1. The second kappa shape index (κ2) is 7.15. The highest BCUT2D eigenvalue weighted by molar-refractivity contribution is 7.91. The molecular formula is C16H23ClN3O2S2+. The highest BCUT2D eigenvalue weighted by atomic mass is 35.5. The van der Waals surface area contributed by atoms with E-state index in [-0.39, 0.29) is 6.04 Å². The molecule has 2 N–H and O–H groups in total. The molecule has 0 spiro atoms. The van der Waals surface area contributed by atoms with Crippen molar-refractivity contribution >= 4 is 44.5 Å². The molecule has 2 aliphatic rings. The topological polar surface area (TPSA) is 53.9 Å². The Morgan fingerprint density at radius 1 is 1.38 bits per heavy atom. The molecule has 2 aliphatic heterocycles. The summed E-state index contributed by atoms with van der Waals surface area (Å²) in [4.78, 5) is 3.55. The van der Waals surface area contributed by atoms with Crippen LogP contribution in [-0.2, 0) is 9.84 Å². The van der Waals surface area contributed by atoms with E-state index in [1.807, 2.05) is 25.1 Å². The van der Waals surface area contributed by atoms with Crippen LogP contribution < -0.4 is 10.2 Å². The predicted octanol–water partition coefficient (Wildman–Crippen LogP) is 0.733. The van der Waals surface area contributed by atoms with E-state index in [1.54, 1.807) is 0 Å². The van der Waals surface area contributed by atoms with E-state index in [9.17, 15) is 8.42 Å². The minimum Gasteiger partial charge on any atom is -0.338 e. The summed E-state index contributed by atoms with van der Waals surface area (Å²) < 4.78 is 23.3. The molecule has 8 heteroatoms. The normalized spacial score (nSPS) is 24.1. The van der Waals surface area contributed by atoms with Crippen molar-refractivity contribution in [2.75, 3.05) is 43.0 Å². The summed E-state index contributed by atoms with van der Waals surface area (Å²) in [6.45, 7) is 5.51. The third-order valence-corrected chi connectivity index (χ3v) is 7.55. The number of hydrogen-bond donors (Lipinski definition) is 2. The van der Waals surface area contributed by atoms with E-state index in [4.69, 9.17) is 23.8 Å². The molecule has 0 aliphatic carbocycles. The average molecular weight is 389 g/mol. The highest BCUT2D eigenvalue weighted by Crippen LogP contribution is 2.23. The number of nitrogens with zero attached hydrogens (tertiary/aromatic N) is 1. The van der Waals surface area contributed by atoms with E-state index in [1.165, 1.54) is 4.90 Å². The standard InChI is InChI=1S/C16H22ClN3O2S2/c1-12-14(17)3-2-4-15(12)18-16(23)20-8-6-19(7-9-20)13-5-10-24(21,22)11-13/h2-4,13H,5-11H2,1H3,(H,18,23)/p+1/t13-/m1/s1. The number of hydrogen-bond acceptors (Lipinski definition) is 3. The van der Waals surface area contributed by atoms with Gasteiger partial charge in [0.2, 0.25) is 0 Å². The maximum atomic E-state index is 11.7. The predicted molar refractivity (Wildman–Crippen MR) is 102 cm³/mol. The van der Waals surface area contributed by atoms with Gasteiger partial charge in [-0.25, -0.2) is 8.42 Å². The van der Waals surface area contributed by atoms with Crippen LogP contribution >= 0.6 is 23.8 Å². The van der Waals surface area contributed by atoms with Gasteiger partial charge in [-0.1, -0.05) is 17.7 Å². The molecule has 1 atom stereocenters. The smallest absolute Gasteiger partial charge is 0.173 e. The van der Waals surface area contributed by atoms with Gasteiger partial charge in [0.1, 0.15) is 11.8 Å². The van der Waals surface area contributed by atoms with E-state index < -0.39 is 9.84 Å². The lowest BCUT2D eigenvalue weighted by atomic mass is 10.2. The van der Waals surface area contributed by atoms with Crippen molar-refractivity contribution < 1.29 is 13.3 Å². The van der Waals surface area contributed by atoms with E-state index in [0.717, 1.165) is 48.9 Å². The van der Waals surface area contributed by atoms with Crippen LogP contribution in [0.2, 0.25) is 5.02 Å². The van der Waals surface area contributed by atoms with Crippen molar-refractivity contribution in [1.82, 2.24) is 4.90 Å². The van der Waals surface area contributed by atoms with Crippen LogP contribution in [0.4, 0.5) is 5.69 Å². The summed E-state index contributed by atoms with van der Waals surface area (Å²) in [5.41, 5.74) is 1.92. The third kappa shape index (κ3) is 4.02. The van der Waals surface area contributed by atoms with Crippen LogP contribution in [0.3, 0.4) is 0 Å². The summed E-state index contributed by atoms with van der Waals surface area (Å²) in [6, 6.07) is 6.00. The molecule has 0 saturated carbocycles. The van der Waals surface area contributed by atoms with Gasteiger partial charge in [0.25, 0.3) is 0 Å². The Labute approximate surface area is 153 Å². The Hall–Kier alpha value is -0.890. The highest BCUT2D eigenvalue weighted by Gasteiger charge is 2.37. The Kier molecular flexibility index (Phi) is 5.34. The van der Waals surface area contributed by atoms with Gasteiger partial charge in [0.05, 0.1) is 31.9 Å². The monoisotopic (exact) mass is 388 g/mol. The van der Waals surface area contributed by atoms with Crippen molar-refractivity contribution in [3.63, 3.8) is 0 Å². The fraction of sp³-hybridized carbons (Fsp3) is 0.562. The van der Waals surface area contributed by atoms with E-state index in [2.05, 4.69) is 10.2 Å². The molecular weight excluding hydrogens is 366 g/mol. The van der Waals surface area contributed by atoms with Crippen molar-refractivity contribution in [3.8, 4) is 0 Å². The second-order valence-electron chi connectivity index (χ2n) is 6.59. The Bertz CT molecular complexity index is 731. The largest absolute Gasteiger partial charge is 0.338 e. The molecule has 2 heterocycles. The van der Waals surface area contributed by atoms with Crippen molar-refractivity contribution in [2.24, 2.45) is 0 Å². The Balaban J connectivity index is 1.55. The molecule has 0 amide bonds. The molecule has 5 nitrogen and oxygen atoms in total. The van der Waals surface area contributed by atoms with Crippen LogP contribution in [-0.4, -0.2) is 62.2 Å². The molecule has 2 fully saturated rings. The first kappa shape index (κ1) is 17.9.